The summed E-state index contributed by atoms with van der Waals surface area (Å²) in [5.41, 5.74) is 5.60. The van der Waals surface area contributed by atoms with Gasteiger partial charge < -0.3 is 10.3 Å². The predicted molar refractivity (Wildman–Crippen MR) is 67.3 cm³/mol. The number of aromatic nitrogens is 3. The average Bonchev–Trinajstić information content (AvgIpc) is 2.73. The van der Waals surface area contributed by atoms with E-state index in [9.17, 15) is 0 Å². The van der Waals surface area contributed by atoms with Gasteiger partial charge in [0.2, 0.25) is 0 Å². The van der Waals surface area contributed by atoms with Crippen LogP contribution in [0.5, 0.6) is 0 Å². The Morgan fingerprint density at radius 1 is 1.44 bits per heavy atom. The highest BCUT2D eigenvalue weighted by Gasteiger charge is 2.15. The Morgan fingerprint density at radius 2 is 2.31 bits per heavy atom. The third-order valence-corrected chi connectivity index (χ3v) is 4.24. The fraction of sp³-hybridized carbons (Fsp3) is 0.818. The van der Waals surface area contributed by atoms with Gasteiger partial charge in [-0.05, 0) is 31.1 Å². The lowest BCUT2D eigenvalue weighted by atomic mass is 10.2. The highest BCUT2D eigenvalue weighted by atomic mass is 32.2. The van der Waals surface area contributed by atoms with E-state index in [-0.39, 0.29) is 0 Å². The van der Waals surface area contributed by atoms with Crippen molar-refractivity contribution in [2.45, 2.75) is 38.5 Å². The number of nitrogens with zero attached hydrogens (tertiary/aromatic N) is 3. The molecule has 0 amide bonds. The van der Waals surface area contributed by atoms with Crippen LogP contribution >= 0.6 is 11.8 Å². The van der Waals surface area contributed by atoms with Crippen LogP contribution in [0.2, 0.25) is 0 Å². The first-order valence-corrected chi connectivity index (χ1v) is 7.15. The van der Waals surface area contributed by atoms with Crippen LogP contribution in [0.4, 0.5) is 0 Å². The number of rotatable bonds is 5. The zero-order valence-corrected chi connectivity index (χ0v) is 10.7. The second kappa shape index (κ2) is 5.68. The average molecular weight is 240 g/mol. The number of hydrogen-bond acceptors (Lipinski definition) is 4. The summed E-state index contributed by atoms with van der Waals surface area (Å²) in [6, 6.07) is 0. The van der Waals surface area contributed by atoms with Crippen molar-refractivity contribution < 1.29 is 0 Å². The minimum atomic E-state index is 0.591. The SMILES string of the molecule is CC(CN)CSCc1nnc2n1CCCC2. The van der Waals surface area contributed by atoms with Gasteiger partial charge in [-0.2, -0.15) is 11.8 Å². The number of fused-ring (bicyclic) bond motifs is 1. The molecule has 1 aromatic heterocycles. The van der Waals surface area contributed by atoms with Gasteiger partial charge in [-0.3, -0.25) is 0 Å². The van der Waals surface area contributed by atoms with Crippen molar-refractivity contribution >= 4 is 11.8 Å². The molecule has 0 aliphatic carbocycles. The Balaban J connectivity index is 1.87. The van der Waals surface area contributed by atoms with Crippen molar-refractivity contribution in [3.63, 3.8) is 0 Å². The van der Waals surface area contributed by atoms with Gasteiger partial charge in [0.05, 0.1) is 5.75 Å². The van der Waals surface area contributed by atoms with Crippen molar-refractivity contribution in [1.82, 2.24) is 14.8 Å². The molecule has 4 nitrogen and oxygen atoms in total. The Hall–Kier alpha value is -0.550. The summed E-state index contributed by atoms with van der Waals surface area (Å²) in [6.45, 7) is 4.06. The predicted octanol–water partition coefficient (Wildman–Crippen LogP) is 1.44. The normalized spacial score (nSPS) is 17.1. The lowest BCUT2D eigenvalue weighted by Gasteiger charge is -2.14. The van der Waals surface area contributed by atoms with E-state index < -0.39 is 0 Å². The van der Waals surface area contributed by atoms with Gasteiger partial charge >= 0.3 is 0 Å². The van der Waals surface area contributed by atoms with Gasteiger partial charge in [-0.25, -0.2) is 0 Å². The number of thioether (sulfide) groups is 1. The van der Waals surface area contributed by atoms with E-state index in [1.165, 1.54) is 18.7 Å². The van der Waals surface area contributed by atoms with E-state index in [0.717, 1.165) is 36.8 Å². The third-order valence-electron chi connectivity index (χ3n) is 2.97. The van der Waals surface area contributed by atoms with Gasteiger partial charge in [0.1, 0.15) is 11.6 Å². The molecular weight excluding hydrogens is 220 g/mol. The highest BCUT2D eigenvalue weighted by Crippen LogP contribution is 2.19. The fourth-order valence-corrected chi connectivity index (χ4v) is 2.95. The quantitative estimate of drug-likeness (QED) is 0.846. The maximum Gasteiger partial charge on any atom is 0.143 e. The van der Waals surface area contributed by atoms with Crippen molar-refractivity contribution in [2.75, 3.05) is 12.3 Å². The molecule has 0 saturated carbocycles. The molecule has 0 aromatic carbocycles. The number of aryl methyl sites for hydroxylation is 1. The zero-order valence-electron chi connectivity index (χ0n) is 9.85. The van der Waals surface area contributed by atoms with Crippen molar-refractivity contribution in [2.24, 2.45) is 11.7 Å². The second-order valence-electron chi connectivity index (χ2n) is 4.50. The van der Waals surface area contributed by atoms with Crippen molar-refractivity contribution in [1.29, 1.82) is 0 Å². The topological polar surface area (TPSA) is 56.7 Å². The molecule has 1 atom stereocenters. The first-order chi connectivity index (χ1) is 7.81. The van der Waals surface area contributed by atoms with Gasteiger partial charge in [-0.15, -0.1) is 10.2 Å². The molecule has 0 spiro atoms. The molecule has 2 heterocycles. The van der Waals surface area contributed by atoms with E-state index >= 15 is 0 Å². The lowest BCUT2D eigenvalue weighted by molar-refractivity contribution is 0.513. The summed E-state index contributed by atoms with van der Waals surface area (Å²) in [5, 5.41) is 8.53. The van der Waals surface area contributed by atoms with E-state index in [0.29, 0.717) is 5.92 Å². The first-order valence-electron chi connectivity index (χ1n) is 6.00. The molecule has 90 valence electrons. The molecular formula is C11H20N4S. The minimum absolute atomic E-state index is 0.591. The Kier molecular flexibility index (Phi) is 4.23. The van der Waals surface area contributed by atoms with Crippen LogP contribution in [0.3, 0.4) is 0 Å². The smallest absolute Gasteiger partial charge is 0.143 e. The molecule has 1 aromatic rings. The molecule has 5 heteroatoms. The summed E-state index contributed by atoms with van der Waals surface area (Å²) in [7, 11) is 0. The molecule has 0 saturated heterocycles. The molecule has 0 fully saturated rings. The molecule has 0 bridgehead atoms. The summed E-state index contributed by atoms with van der Waals surface area (Å²) in [5.74, 6) is 4.99. The van der Waals surface area contributed by atoms with Crippen LogP contribution in [0, 0.1) is 5.92 Å². The van der Waals surface area contributed by atoms with E-state index in [1.807, 2.05) is 11.8 Å². The fourth-order valence-electron chi connectivity index (χ4n) is 1.89. The maximum absolute atomic E-state index is 5.60. The van der Waals surface area contributed by atoms with E-state index in [1.54, 1.807) is 0 Å². The van der Waals surface area contributed by atoms with Crippen LogP contribution in [0.15, 0.2) is 0 Å². The molecule has 0 radical (unpaired) electrons. The molecule has 1 aliphatic heterocycles. The lowest BCUT2D eigenvalue weighted by Crippen LogP contribution is -2.14. The zero-order chi connectivity index (χ0) is 11.4. The van der Waals surface area contributed by atoms with Crippen LogP contribution in [0.25, 0.3) is 0 Å². The van der Waals surface area contributed by atoms with Gasteiger partial charge in [0.15, 0.2) is 0 Å². The first kappa shape index (κ1) is 11.9. The van der Waals surface area contributed by atoms with E-state index in [4.69, 9.17) is 5.73 Å². The van der Waals surface area contributed by atoms with Crippen molar-refractivity contribution in [3.8, 4) is 0 Å². The Labute approximate surface area is 101 Å². The largest absolute Gasteiger partial charge is 0.330 e. The van der Waals surface area contributed by atoms with E-state index in [2.05, 4.69) is 21.7 Å². The van der Waals surface area contributed by atoms with Gasteiger partial charge in [0, 0.05) is 13.0 Å². The maximum atomic E-state index is 5.60. The standard InChI is InChI=1S/C11H20N4S/c1-9(6-12)7-16-8-11-14-13-10-4-2-3-5-15(10)11/h9H,2-8,12H2,1H3. The van der Waals surface area contributed by atoms with Crippen LogP contribution < -0.4 is 5.73 Å². The Morgan fingerprint density at radius 3 is 3.12 bits per heavy atom. The molecule has 16 heavy (non-hydrogen) atoms. The highest BCUT2D eigenvalue weighted by molar-refractivity contribution is 7.98. The third kappa shape index (κ3) is 2.77. The number of hydrogen-bond donors (Lipinski definition) is 1. The number of nitrogens with two attached hydrogens (primary N) is 1. The van der Waals surface area contributed by atoms with Gasteiger partial charge in [-0.1, -0.05) is 6.92 Å². The van der Waals surface area contributed by atoms with Gasteiger partial charge in [0.25, 0.3) is 0 Å². The summed E-state index contributed by atoms with van der Waals surface area (Å²) in [6.07, 6.45) is 3.62. The molecule has 1 unspecified atom stereocenters. The Bertz CT molecular complexity index is 337. The molecule has 1 aliphatic rings. The van der Waals surface area contributed by atoms with Crippen LogP contribution in [-0.4, -0.2) is 27.1 Å². The molecule has 2 N–H and O–H groups in total. The van der Waals surface area contributed by atoms with Crippen molar-refractivity contribution in [3.05, 3.63) is 11.6 Å². The minimum Gasteiger partial charge on any atom is -0.330 e. The van der Waals surface area contributed by atoms with Crippen LogP contribution in [0.1, 0.15) is 31.4 Å². The summed E-state index contributed by atoms with van der Waals surface area (Å²) >= 11 is 1.91. The van der Waals surface area contributed by atoms with Crippen LogP contribution in [-0.2, 0) is 18.7 Å². The summed E-state index contributed by atoms with van der Waals surface area (Å²) < 4.78 is 2.30. The summed E-state index contributed by atoms with van der Waals surface area (Å²) in [4.78, 5) is 0. The second-order valence-corrected chi connectivity index (χ2v) is 5.53. The molecule has 2 rings (SSSR count). The monoisotopic (exact) mass is 240 g/mol.